The molecule has 112 valence electrons. The fourth-order valence-electron chi connectivity index (χ4n) is 3.60. The van der Waals surface area contributed by atoms with E-state index in [1.54, 1.807) is 0 Å². The van der Waals surface area contributed by atoms with E-state index in [9.17, 15) is 0 Å². The van der Waals surface area contributed by atoms with Crippen LogP contribution in [0.15, 0.2) is 0 Å². The molecule has 3 atom stereocenters. The summed E-state index contributed by atoms with van der Waals surface area (Å²) in [5.41, 5.74) is 0.336. The van der Waals surface area contributed by atoms with Gasteiger partial charge in [0.25, 0.3) is 0 Å². The number of rotatable bonds is 3. The molecule has 2 aliphatic heterocycles. The number of hydrogen-bond donors (Lipinski definition) is 1. The van der Waals surface area contributed by atoms with E-state index >= 15 is 0 Å². The van der Waals surface area contributed by atoms with E-state index in [0.29, 0.717) is 12.1 Å². The van der Waals surface area contributed by atoms with Gasteiger partial charge >= 0.3 is 0 Å². The van der Waals surface area contributed by atoms with Crippen molar-refractivity contribution in [1.82, 2.24) is 10.2 Å². The van der Waals surface area contributed by atoms with Gasteiger partial charge in [-0.3, -0.25) is 4.90 Å². The maximum absolute atomic E-state index is 5.89. The number of hydrogen-bond acceptors (Lipinski definition) is 3. The molecule has 0 aromatic heterocycles. The van der Waals surface area contributed by atoms with E-state index in [0.717, 1.165) is 13.2 Å². The molecule has 0 saturated carbocycles. The first-order valence-electron chi connectivity index (χ1n) is 8.04. The predicted molar refractivity (Wildman–Crippen MR) is 80.5 cm³/mol. The number of nitrogens with one attached hydrogen (secondary N) is 1. The van der Waals surface area contributed by atoms with Crippen molar-refractivity contribution >= 4 is 0 Å². The van der Waals surface area contributed by atoms with Crippen molar-refractivity contribution in [3.8, 4) is 0 Å². The van der Waals surface area contributed by atoms with E-state index in [2.05, 4.69) is 44.8 Å². The second-order valence-electron chi connectivity index (χ2n) is 7.28. The second-order valence-corrected chi connectivity index (χ2v) is 7.28. The van der Waals surface area contributed by atoms with Crippen LogP contribution in [-0.2, 0) is 4.74 Å². The van der Waals surface area contributed by atoms with Gasteiger partial charge in [0, 0.05) is 37.3 Å². The van der Waals surface area contributed by atoms with E-state index < -0.39 is 0 Å². The van der Waals surface area contributed by atoms with Gasteiger partial charge in [-0.1, -0.05) is 13.8 Å². The Hall–Kier alpha value is -0.120. The molecule has 2 rings (SSSR count). The van der Waals surface area contributed by atoms with Crippen LogP contribution in [0.25, 0.3) is 0 Å². The highest BCUT2D eigenvalue weighted by Gasteiger charge is 2.40. The molecule has 0 aromatic carbocycles. The van der Waals surface area contributed by atoms with Gasteiger partial charge < -0.3 is 10.1 Å². The van der Waals surface area contributed by atoms with Crippen LogP contribution >= 0.6 is 0 Å². The smallest absolute Gasteiger partial charge is 0.0641 e. The maximum atomic E-state index is 5.89. The second kappa shape index (κ2) is 5.71. The van der Waals surface area contributed by atoms with Crippen molar-refractivity contribution in [1.29, 1.82) is 0 Å². The Morgan fingerprint density at radius 1 is 1.26 bits per heavy atom. The third-order valence-electron chi connectivity index (χ3n) is 5.16. The van der Waals surface area contributed by atoms with Gasteiger partial charge in [-0.05, 0) is 46.5 Å². The van der Waals surface area contributed by atoms with Crippen LogP contribution in [0.1, 0.15) is 60.3 Å². The Kier molecular flexibility index (Phi) is 4.59. The molecule has 19 heavy (non-hydrogen) atoms. The zero-order chi connectivity index (χ0) is 14.1. The average Bonchev–Trinajstić information content (AvgIpc) is 2.37. The van der Waals surface area contributed by atoms with Crippen LogP contribution < -0.4 is 5.32 Å². The third-order valence-corrected chi connectivity index (χ3v) is 5.16. The number of ether oxygens (including phenoxy) is 1. The Morgan fingerprint density at radius 2 is 2.00 bits per heavy atom. The largest absolute Gasteiger partial charge is 0.375 e. The summed E-state index contributed by atoms with van der Waals surface area (Å²) in [5, 5.41) is 3.76. The van der Waals surface area contributed by atoms with E-state index in [-0.39, 0.29) is 11.1 Å². The zero-order valence-electron chi connectivity index (χ0n) is 13.5. The van der Waals surface area contributed by atoms with Gasteiger partial charge in [0.05, 0.1) is 5.60 Å². The first-order valence-corrected chi connectivity index (χ1v) is 8.04. The summed E-state index contributed by atoms with van der Waals surface area (Å²) >= 11 is 0. The number of piperazine rings is 1. The lowest BCUT2D eigenvalue weighted by Crippen LogP contribution is -2.65. The normalized spacial score (nSPS) is 40.3. The molecule has 2 fully saturated rings. The predicted octanol–water partition coefficient (Wildman–Crippen LogP) is 2.80. The van der Waals surface area contributed by atoms with Crippen molar-refractivity contribution in [2.24, 2.45) is 0 Å². The minimum atomic E-state index is 0.0503. The summed E-state index contributed by atoms with van der Waals surface area (Å²) in [6.45, 7) is 14.7. The minimum Gasteiger partial charge on any atom is -0.375 e. The van der Waals surface area contributed by atoms with Crippen LogP contribution in [0.5, 0.6) is 0 Å². The van der Waals surface area contributed by atoms with Gasteiger partial charge in [0.1, 0.15) is 0 Å². The Bertz CT molecular complexity index is 305. The van der Waals surface area contributed by atoms with E-state index in [1.807, 2.05) is 0 Å². The molecule has 0 amide bonds. The van der Waals surface area contributed by atoms with Gasteiger partial charge in [-0.15, -0.1) is 0 Å². The summed E-state index contributed by atoms with van der Waals surface area (Å²) in [5.74, 6) is 0. The van der Waals surface area contributed by atoms with Gasteiger partial charge in [-0.2, -0.15) is 0 Å². The summed E-state index contributed by atoms with van der Waals surface area (Å²) in [6, 6.07) is 1.39. The quantitative estimate of drug-likeness (QED) is 0.852. The molecule has 0 aliphatic carbocycles. The highest BCUT2D eigenvalue weighted by Crippen LogP contribution is 2.32. The van der Waals surface area contributed by atoms with Crippen LogP contribution in [0, 0.1) is 0 Å². The average molecular weight is 268 g/mol. The molecular weight excluding hydrogens is 236 g/mol. The summed E-state index contributed by atoms with van der Waals surface area (Å²) in [6.07, 6.45) is 4.81. The van der Waals surface area contributed by atoms with Crippen LogP contribution in [0.4, 0.5) is 0 Å². The standard InChI is InChI=1S/C16H32N2O/c1-6-13-11-17-16(5,7-2)12-18(13)14-8-9-19-15(3,4)10-14/h13-14,17H,6-12H2,1-5H3. The van der Waals surface area contributed by atoms with Gasteiger partial charge in [0.15, 0.2) is 0 Å². The fraction of sp³-hybridized carbons (Fsp3) is 1.00. The minimum absolute atomic E-state index is 0.0503. The molecule has 3 nitrogen and oxygen atoms in total. The molecule has 0 spiro atoms. The highest BCUT2D eigenvalue weighted by molar-refractivity contribution is 4.98. The third kappa shape index (κ3) is 3.50. The highest BCUT2D eigenvalue weighted by atomic mass is 16.5. The molecule has 2 saturated heterocycles. The molecule has 0 bridgehead atoms. The Labute approximate surface area is 119 Å². The Balaban J connectivity index is 2.09. The molecule has 2 heterocycles. The fourth-order valence-corrected chi connectivity index (χ4v) is 3.60. The van der Waals surface area contributed by atoms with Gasteiger partial charge in [0.2, 0.25) is 0 Å². The van der Waals surface area contributed by atoms with Crippen LogP contribution in [0.3, 0.4) is 0 Å². The molecule has 1 N–H and O–H groups in total. The first-order chi connectivity index (χ1) is 8.89. The summed E-state index contributed by atoms with van der Waals surface area (Å²) < 4.78 is 5.89. The lowest BCUT2D eigenvalue weighted by molar-refractivity contribution is -0.0983. The van der Waals surface area contributed by atoms with Gasteiger partial charge in [-0.25, -0.2) is 0 Å². The zero-order valence-corrected chi connectivity index (χ0v) is 13.5. The first kappa shape index (κ1) is 15.3. The topological polar surface area (TPSA) is 24.5 Å². The van der Waals surface area contributed by atoms with Crippen molar-refractivity contribution in [2.75, 3.05) is 19.7 Å². The van der Waals surface area contributed by atoms with Crippen molar-refractivity contribution in [3.63, 3.8) is 0 Å². The lowest BCUT2D eigenvalue weighted by atomic mass is 9.87. The maximum Gasteiger partial charge on any atom is 0.0641 e. The summed E-state index contributed by atoms with van der Waals surface area (Å²) in [7, 11) is 0. The van der Waals surface area contributed by atoms with E-state index in [1.165, 1.54) is 32.2 Å². The molecular formula is C16H32N2O. The number of nitrogens with zero attached hydrogens (tertiary/aromatic N) is 1. The Morgan fingerprint density at radius 3 is 2.58 bits per heavy atom. The summed E-state index contributed by atoms with van der Waals surface area (Å²) in [4.78, 5) is 2.78. The van der Waals surface area contributed by atoms with Crippen LogP contribution in [0.2, 0.25) is 0 Å². The molecule has 0 radical (unpaired) electrons. The van der Waals surface area contributed by atoms with Crippen molar-refractivity contribution in [3.05, 3.63) is 0 Å². The molecule has 0 aromatic rings. The van der Waals surface area contributed by atoms with Crippen molar-refractivity contribution in [2.45, 2.75) is 83.5 Å². The molecule has 2 aliphatic rings. The van der Waals surface area contributed by atoms with Crippen molar-refractivity contribution < 1.29 is 4.74 Å². The van der Waals surface area contributed by atoms with E-state index in [4.69, 9.17) is 4.74 Å². The molecule has 3 unspecified atom stereocenters. The monoisotopic (exact) mass is 268 g/mol. The molecule has 3 heteroatoms. The van der Waals surface area contributed by atoms with Crippen LogP contribution in [-0.4, -0.2) is 47.8 Å². The SMILES string of the molecule is CCC1CNC(C)(CC)CN1C1CCOC(C)(C)C1. The lowest BCUT2D eigenvalue weighted by Gasteiger charge is -2.51.